The fourth-order valence-electron chi connectivity index (χ4n) is 4.13. The number of rotatable bonds is 6. The van der Waals surface area contributed by atoms with Gasteiger partial charge in [-0.05, 0) is 60.2 Å². The van der Waals surface area contributed by atoms with Gasteiger partial charge in [0.15, 0.2) is 11.5 Å². The number of hydrogen-bond acceptors (Lipinski definition) is 6. The van der Waals surface area contributed by atoms with Crippen LogP contribution in [0.15, 0.2) is 70.6 Å². The lowest BCUT2D eigenvalue weighted by atomic mass is 10.0. The fraction of sp³-hybridized carbons (Fsp3) is 0.231. The molecular weight excluding hydrogens is 466 g/mol. The van der Waals surface area contributed by atoms with Crippen molar-refractivity contribution in [1.29, 1.82) is 0 Å². The Balaban J connectivity index is 1.57. The Hall–Kier alpha value is -3.69. The maximum atomic E-state index is 13.8. The quantitative estimate of drug-likeness (QED) is 0.441. The van der Waals surface area contributed by atoms with Gasteiger partial charge in [0.25, 0.3) is 5.56 Å². The first-order chi connectivity index (χ1) is 16.8. The zero-order valence-electron chi connectivity index (χ0n) is 19.4. The van der Waals surface area contributed by atoms with Crippen LogP contribution in [0.2, 0.25) is 0 Å². The molecule has 0 aliphatic carbocycles. The van der Waals surface area contributed by atoms with Gasteiger partial charge in [-0.1, -0.05) is 18.2 Å². The summed E-state index contributed by atoms with van der Waals surface area (Å²) in [4.78, 5) is 20.1. The van der Waals surface area contributed by atoms with Crippen molar-refractivity contribution >= 4 is 20.9 Å². The second-order valence-corrected chi connectivity index (χ2v) is 10.5. The zero-order valence-corrected chi connectivity index (χ0v) is 20.3. The number of aromatic amines is 1. The van der Waals surface area contributed by atoms with Crippen molar-refractivity contribution in [3.63, 3.8) is 0 Å². The number of sulfonamides is 1. The molecule has 2 aromatic heterocycles. The van der Waals surface area contributed by atoms with Crippen molar-refractivity contribution in [1.82, 2.24) is 14.3 Å². The van der Waals surface area contributed by atoms with Crippen LogP contribution in [0.1, 0.15) is 22.3 Å². The molecule has 0 unspecified atom stereocenters. The summed E-state index contributed by atoms with van der Waals surface area (Å²) in [7, 11) is -4.00. The lowest BCUT2D eigenvalue weighted by Gasteiger charge is -2.24. The Morgan fingerprint density at radius 1 is 1.00 bits per heavy atom. The number of ether oxygens (including phenoxy) is 2. The van der Waals surface area contributed by atoms with Crippen LogP contribution in [0.4, 0.5) is 0 Å². The van der Waals surface area contributed by atoms with E-state index in [0.717, 1.165) is 22.0 Å². The SMILES string of the molecule is Cc1ccc2cc(CN(Cc3cccnc3)S(=O)(=O)c3ccc4c(c3)OCCO4)c(=O)[nH]c2c1C. The van der Waals surface area contributed by atoms with E-state index in [9.17, 15) is 13.2 Å². The summed E-state index contributed by atoms with van der Waals surface area (Å²) in [5, 5.41) is 0.848. The molecule has 0 bridgehead atoms. The summed E-state index contributed by atoms with van der Waals surface area (Å²) in [6.45, 7) is 4.64. The summed E-state index contributed by atoms with van der Waals surface area (Å²) in [6, 6.07) is 13.8. The summed E-state index contributed by atoms with van der Waals surface area (Å²) in [5.74, 6) is 0.888. The number of nitrogens with zero attached hydrogens (tertiary/aromatic N) is 2. The molecule has 2 aromatic carbocycles. The molecular formula is C26H25N3O5S. The van der Waals surface area contributed by atoms with Gasteiger partial charge in [0.05, 0.1) is 10.4 Å². The van der Waals surface area contributed by atoms with Gasteiger partial charge in [0, 0.05) is 37.1 Å². The van der Waals surface area contributed by atoms with Crippen molar-refractivity contribution in [2.75, 3.05) is 13.2 Å². The van der Waals surface area contributed by atoms with Gasteiger partial charge in [0.1, 0.15) is 13.2 Å². The zero-order chi connectivity index (χ0) is 24.6. The summed E-state index contributed by atoms with van der Waals surface area (Å²) < 4.78 is 40.0. The van der Waals surface area contributed by atoms with E-state index in [1.54, 1.807) is 36.7 Å². The van der Waals surface area contributed by atoms with Gasteiger partial charge in [-0.25, -0.2) is 8.42 Å². The van der Waals surface area contributed by atoms with Crippen LogP contribution in [-0.4, -0.2) is 35.9 Å². The van der Waals surface area contributed by atoms with E-state index in [4.69, 9.17) is 9.47 Å². The average Bonchev–Trinajstić information content (AvgIpc) is 2.87. The largest absolute Gasteiger partial charge is 0.486 e. The molecule has 4 aromatic rings. The third-order valence-corrected chi connectivity index (χ3v) is 8.00. The van der Waals surface area contributed by atoms with E-state index in [1.807, 2.05) is 26.0 Å². The Labute approximate surface area is 203 Å². The van der Waals surface area contributed by atoms with Gasteiger partial charge in [-0.2, -0.15) is 4.31 Å². The molecule has 9 heteroatoms. The topological polar surface area (TPSA) is 102 Å². The number of hydrogen-bond donors (Lipinski definition) is 1. The third-order valence-electron chi connectivity index (χ3n) is 6.21. The monoisotopic (exact) mass is 491 g/mol. The summed E-state index contributed by atoms with van der Waals surface area (Å²) >= 11 is 0. The van der Waals surface area contributed by atoms with Crippen molar-refractivity contribution in [2.45, 2.75) is 31.8 Å². The highest BCUT2D eigenvalue weighted by Gasteiger charge is 2.28. The maximum absolute atomic E-state index is 13.8. The third kappa shape index (κ3) is 4.52. The molecule has 35 heavy (non-hydrogen) atoms. The number of aryl methyl sites for hydroxylation is 2. The standard InChI is InChI=1S/C26H25N3O5S/c1-17-5-6-20-12-21(26(30)28-25(20)18(17)2)16-29(15-19-4-3-9-27-14-19)35(31,32)22-7-8-23-24(13-22)34-11-10-33-23/h3-9,12-14H,10-11,15-16H2,1-2H3,(H,28,30). The second-order valence-electron chi connectivity index (χ2n) is 8.54. The highest BCUT2D eigenvalue weighted by molar-refractivity contribution is 7.89. The van der Waals surface area contributed by atoms with Crippen LogP contribution in [0.25, 0.3) is 10.9 Å². The van der Waals surface area contributed by atoms with E-state index in [1.165, 1.54) is 16.4 Å². The molecule has 1 aliphatic heterocycles. The van der Waals surface area contributed by atoms with Crippen LogP contribution >= 0.6 is 0 Å². The molecule has 8 nitrogen and oxygen atoms in total. The molecule has 0 atom stereocenters. The predicted molar refractivity (Wildman–Crippen MR) is 132 cm³/mol. The number of aromatic nitrogens is 2. The first-order valence-electron chi connectivity index (χ1n) is 11.2. The van der Waals surface area contributed by atoms with Gasteiger partial charge < -0.3 is 14.5 Å². The molecule has 1 N–H and O–H groups in total. The average molecular weight is 492 g/mol. The van der Waals surface area contributed by atoms with Crippen LogP contribution in [0.5, 0.6) is 11.5 Å². The molecule has 0 saturated heterocycles. The highest BCUT2D eigenvalue weighted by atomic mass is 32.2. The fourth-order valence-corrected chi connectivity index (χ4v) is 5.55. The van der Waals surface area contributed by atoms with Gasteiger partial charge >= 0.3 is 0 Å². The van der Waals surface area contributed by atoms with E-state index in [2.05, 4.69) is 9.97 Å². The van der Waals surface area contributed by atoms with E-state index in [-0.39, 0.29) is 23.5 Å². The van der Waals surface area contributed by atoms with Crippen molar-refractivity contribution < 1.29 is 17.9 Å². The number of H-pyrrole nitrogens is 1. The van der Waals surface area contributed by atoms with Crippen LogP contribution < -0.4 is 15.0 Å². The highest BCUT2D eigenvalue weighted by Crippen LogP contribution is 2.34. The number of fused-ring (bicyclic) bond motifs is 2. The predicted octanol–water partition coefficient (Wildman–Crippen LogP) is 3.70. The van der Waals surface area contributed by atoms with Crippen molar-refractivity contribution in [2.24, 2.45) is 0 Å². The second kappa shape index (κ2) is 9.16. The molecule has 0 fully saturated rings. The number of benzene rings is 2. The first-order valence-corrected chi connectivity index (χ1v) is 12.7. The minimum atomic E-state index is -4.00. The van der Waals surface area contributed by atoms with E-state index in [0.29, 0.717) is 35.8 Å². The molecule has 180 valence electrons. The molecule has 3 heterocycles. The van der Waals surface area contributed by atoms with Crippen LogP contribution in [-0.2, 0) is 23.1 Å². The molecule has 0 saturated carbocycles. The van der Waals surface area contributed by atoms with Crippen molar-refractivity contribution in [3.8, 4) is 11.5 Å². The normalized spacial score (nSPS) is 13.3. The number of nitrogens with one attached hydrogen (secondary N) is 1. The van der Waals surface area contributed by atoms with Gasteiger partial charge in [0.2, 0.25) is 10.0 Å². The van der Waals surface area contributed by atoms with Gasteiger partial charge in [-0.3, -0.25) is 9.78 Å². The van der Waals surface area contributed by atoms with Gasteiger partial charge in [-0.15, -0.1) is 0 Å². The molecule has 0 spiro atoms. The van der Waals surface area contributed by atoms with E-state index >= 15 is 0 Å². The van der Waals surface area contributed by atoms with Crippen molar-refractivity contribution in [3.05, 3.63) is 93.5 Å². The molecule has 1 aliphatic rings. The Morgan fingerprint density at radius 2 is 1.80 bits per heavy atom. The maximum Gasteiger partial charge on any atom is 0.252 e. The Kier molecular flexibility index (Phi) is 6.04. The van der Waals surface area contributed by atoms with E-state index < -0.39 is 10.0 Å². The smallest absolute Gasteiger partial charge is 0.252 e. The number of pyridine rings is 2. The molecule has 0 amide bonds. The lowest BCUT2D eigenvalue weighted by Crippen LogP contribution is -2.32. The molecule has 0 radical (unpaired) electrons. The minimum Gasteiger partial charge on any atom is -0.486 e. The first kappa shape index (κ1) is 23.1. The van der Waals surface area contributed by atoms with Crippen LogP contribution in [0.3, 0.4) is 0 Å². The minimum absolute atomic E-state index is 0.0506. The molecule has 5 rings (SSSR count). The lowest BCUT2D eigenvalue weighted by molar-refractivity contribution is 0.171. The Bertz CT molecular complexity index is 1570. The Morgan fingerprint density at radius 3 is 2.57 bits per heavy atom. The summed E-state index contributed by atoms with van der Waals surface area (Å²) in [5.41, 5.74) is 3.55. The van der Waals surface area contributed by atoms with Crippen LogP contribution in [0, 0.1) is 13.8 Å². The summed E-state index contributed by atoms with van der Waals surface area (Å²) in [6.07, 6.45) is 3.24.